The Bertz CT molecular complexity index is 1240. The van der Waals surface area contributed by atoms with Crippen LogP contribution in [-0.2, 0) is 14.3 Å². The molecule has 2 aliphatic heterocycles. The van der Waals surface area contributed by atoms with Crippen LogP contribution in [-0.4, -0.2) is 61.6 Å². The van der Waals surface area contributed by atoms with E-state index >= 15 is 0 Å². The number of para-hydroxylation sites is 1. The van der Waals surface area contributed by atoms with E-state index in [-0.39, 0.29) is 0 Å². The number of anilines is 1. The third-order valence-electron chi connectivity index (χ3n) is 6.48. The summed E-state index contributed by atoms with van der Waals surface area (Å²) >= 11 is 0. The molecule has 1 saturated heterocycles. The van der Waals surface area contributed by atoms with E-state index in [1.54, 1.807) is 0 Å². The topological polar surface area (TPSA) is 92.3 Å². The lowest BCUT2D eigenvalue weighted by Crippen LogP contribution is -2.43. The van der Waals surface area contributed by atoms with Crippen molar-refractivity contribution in [3.8, 4) is 0 Å². The van der Waals surface area contributed by atoms with Crippen LogP contribution < -0.4 is 10.6 Å². The number of benzene rings is 3. The number of alkyl carbamates (subject to hydrolysis) is 1. The molecule has 3 aromatic rings. The lowest BCUT2D eigenvalue weighted by atomic mass is 10.0. The first kappa shape index (κ1) is 24.7. The summed E-state index contributed by atoms with van der Waals surface area (Å²) in [4.78, 5) is 33.2. The maximum atomic E-state index is 13.1. The first-order valence-electron chi connectivity index (χ1n) is 12.5. The Hall–Kier alpha value is -4.01. The lowest BCUT2D eigenvalue weighted by Gasteiger charge is -2.28. The van der Waals surface area contributed by atoms with Crippen molar-refractivity contribution in [2.24, 2.45) is 4.99 Å². The van der Waals surface area contributed by atoms with Crippen molar-refractivity contribution in [3.63, 3.8) is 0 Å². The Labute approximate surface area is 216 Å². The number of aliphatic imine (C=N–C) groups is 1. The zero-order chi connectivity index (χ0) is 25.5. The van der Waals surface area contributed by atoms with Gasteiger partial charge in [-0.15, -0.1) is 0 Å². The van der Waals surface area contributed by atoms with Crippen LogP contribution in [0.3, 0.4) is 0 Å². The van der Waals surface area contributed by atoms with Crippen LogP contribution in [0.25, 0.3) is 0 Å². The van der Waals surface area contributed by atoms with E-state index < -0.39 is 24.3 Å². The minimum atomic E-state index is -1.15. The number of hydrogen-bond donors (Lipinski definition) is 2. The third-order valence-corrected chi connectivity index (χ3v) is 6.48. The van der Waals surface area contributed by atoms with E-state index in [0.29, 0.717) is 31.0 Å². The molecule has 2 amide bonds. The molecule has 8 heteroatoms. The van der Waals surface area contributed by atoms with Crippen molar-refractivity contribution >= 4 is 23.4 Å². The molecular formula is C29H30N4O4. The number of carbonyl (C=O) groups is 2. The Balaban J connectivity index is 1.34. The van der Waals surface area contributed by atoms with Crippen LogP contribution in [0, 0.1) is 0 Å². The summed E-state index contributed by atoms with van der Waals surface area (Å²) < 4.78 is 11.3. The van der Waals surface area contributed by atoms with Gasteiger partial charge in [0.15, 0.2) is 0 Å². The average Bonchev–Trinajstić information content (AvgIpc) is 3.08. The Morgan fingerprint density at radius 2 is 1.68 bits per heavy atom. The SMILES string of the molecule is O=C(N[C@@H]1N=C(c2ccccc2)c2ccccc2NC1=O)O[C@H](CCN1CCOCC1)c1ccccc1. The van der Waals surface area contributed by atoms with Crippen LogP contribution in [0.1, 0.15) is 29.2 Å². The summed E-state index contributed by atoms with van der Waals surface area (Å²) in [7, 11) is 0. The number of rotatable bonds is 7. The van der Waals surface area contributed by atoms with Crippen molar-refractivity contribution in [2.75, 3.05) is 38.2 Å². The molecule has 0 spiro atoms. The number of nitrogens with zero attached hydrogens (tertiary/aromatic N) is 2. The van der Waals surface area contributed by atoms with Crippen molar-refractivity contribution in [3.05, 3.63) is 102 Å². The number of benzodiazepines with no additional fused rings is 1. The molecule has 0 unspecified atom stereocenters. The van der Waals surface area contributed by atoms with E-state index in [4.69, 9.17) is 9.47 Å². The lowest BCUT2D eigenvalue weighted by molar-refractivity contribution is -0.117. The molecule has 190 valence electrons. The molecule has 2 heterocycles. The summed E-state index contributed by atoms with van der Waals surface area (Å²) in [5.74, 6) is -0.431. The Morgan fingerprint density at radius 1 is 1.00 bits per heavy atom. The van der Waals surface area contributed by atoms with E-state index in [2.05, 4.69) is 20.5 Å². The van der Waals surface area contributed by atoms with Crippen LogP contribution in [0.2, 0.25) is 0 Å². The number of nitrogens with one attached hydrogen (secondary N) is 2. The Kier molecular flexibility index (Phi) is 7.88. The minimum absolute atomic E-state index is 0.431. The maximum absolute atomic E-state index is 13.1. The van der Waals surface area contributed by atoms with Gasteiger partial charge in [-0.25, -0.2) is 9.79 Å². The summed E-state index contributed by atoms with van der Waals surface area (Å²) in [6.07, 6.45) is -1.69. The summed E-state index contributed by atoms with van der Waals surface area (Å²) in [5, 5.41) is 5.58. The van der Waals surface area contributed by atoms with Gasteiger partial charge in [0.25, 0.3) is 5.91 Å². The maximum Gasteiger partial charge on any atom is 0.409 e. The minimum Gasteiger partial charge on any atom is -0.441 e. The van der Waals surface area contributed by atoms with Gasteiger partial charge in [0.2, 0.25) is 6.17 Å². The first-order chi connectivity index (χ1) is 18.2. The zero-order valence-electron chi connectivity index (χ0n) is 20.5. The van der Waals surface area contributed by atoms with E-state index in [9.17, 15) is 9.59 Å². The smallest absolute Gasteiger partial charge is 0.409 e. The second kappa shape index (κ2) is 11.8. The molecule has 1 fully saturated rings. The van der Waals surface area contributed by atoms with Crippen molar-refractivity contribution < 1.29 is 19.1 Å². The highest BCUT2D eigenvalue weighted by Crippen LogP contribution is 2.25. The molecule has 0 aliphatic carbocycles. The number of amides is 2. The fourth-order valence-electron chi connectivity index (χ4n) is 4.54. The summed E-state index contributed by atoms with van der Waals surface area (Å²) in [6.45, 7) is 3.89. The number of carbonyl (C=O) groups excluding carboxylic acids is 2. The predicted molar refractivity (Wildman–Crippen MR) is 142 cm³/mol. The highest BCUT2D eigenvalue weighted by molar-refractivity contribution is 6.19. The van der Waals surface area contributed by atoms with Crippen molar-refractivity contribution in [1.82, 2.24) is 10.2 Å². The fraction of sp³-hybridized carbons (Fsp3) is 0.276. The molecule has 8 nitrogen and oxygen atoms in total. The largest absolute Gasteiger partial charge is 0.441 e. The van der Waals surface area contributed by atoms with Gasteiger partial charge in [0, 0.05) is 37.2 Å². The Morgan fingerprint density at radius 3 is 2.43 bits per heavy atom. The predicted octanol–water partition coefficient (Wildman–Crippen LogP) is 3.99. The van der Waals surface area contributed by atoms with Gasteiger partial charge in [-0.1, -0.05) is 78.9 Å². The van der Waals surface area contributed by atoms with E-state index in [1.807, 2.05) is 84.9 Å². The quantitative estimate of drug-likeness (QED) is 0.514. The first-order valence-corrected chi connectivity index (χ1v) is 12.5. The molecule has 2 aliphatic rings. The van der Waals surface area contributed by atoms with Crippen LogP contribution in [0.4, 0.5) is 10.5 Å². The van der Waals surface area contributed by atoms with Gasteiger partial charge in [0.1, 0.15) is 6.10 Å². The summed E-state index contributed by atoms with van der Waals surface area (Å²) in [6, 6.07) is 26.7. The molecule has 2 atom stereocenters. The molecule has 0 radical (unpaired) electrons. The van der Waals surface area contributed by atoms with Crippen LogP contribution in [0.5, 0.6) is 0 Å². The van der Waals surface area contributed by atoms with Gasteiger partial charge in [-0.05, 0) is 11.6 Å². The molecule has 2 N–H and O–H groups in total. The second-order valence-electron chi connectivity index (χ2n) is 8.97. The fourth-order valence-corrected chi connectivity index (χ4v) is 4.54. The molecule has 0 saturated carbocycles. The highest BCUT2D eigenvalue weighted by atomic mass is 16.6. The van der Waals surface area contributed by atoms with Crippen molar-refractivity contribution in [2.45, 2.75) is 18.7 Å². The van der Waals surface area contributed by atoms with E-state index in [1.165, 1.54) is 0 Å². The van der Waals surface area contributed by atoms with Crippen LogP contribution in [0.15, 0.2) is 89.9 Å². The molecule has 0 aromatic heterocycles. The van der Waals surface area contributed by atoms with Gasteiger partial charge in [-0.2, -0.15) is 0 Å². The average molecular weight is 499 g/mol. The number of ether oxygens (including phenoxy) is 2. The van der Waals surface area contributed by atoms with Gasteiger partial charge in [0.05, 0.1) is 24.6 Å². The van der Waals surface area contributed by atoms with E-state index in [0.717, 1.165) is 36.3 Å². The standard InChI is InChI=1S/C29H30N4O4/c34-28-27(31-26(22-11-5-2-6-12-22)23-13-7-8-14-24(23)30-28)32-29(35)37-25(21-9-3-1-4-10-21)15-16-33-17-19-36-20-18-33/h1-14,25,27H,15-20H2,(H,30,34)(H,32,35)/t25-,27+/m1/s1. The zero-order valence-corrected chi connectivity index (χ0v) is 20.5. The number of morpholine rings is 1. The molecular weight excluding hydrogens is 468 g/mol. The highest BCUT2D eigenvalue weighted by Gasteiger charge is 2.28. The van der Waals surface area contributed by atoms with Gasteiger partial charge < -0.3 is 14.8 Å². The molecule has 0 bridgehead atoms. The van der Waals surface area contributed by atoms with Crippen LogP contribution >= 0.6 is 0 Å². The summed E-state index contributed by atoms with van der Waals surface area (Å²) in [5.41, 5.74) is 3.79. The molecule has 3 aromatic carbocycles. The normalized spacial score (nSPS) is 18.5. The monoisotopic (exact) mass is 498 g/mol. The molecule has 5 rings (SSSR count). The molecule has 37 heavy (non-hydrogen) atoms. The number of hydrogen-bond acceptors (Lipinski definition) is 6. The van der Waals surface area contributed by atoms with Gasteiger partial charge >= 0.3 is 6.09 Å². The number of fused-ring (bicyclic) bond motifs is 1. The third kappa shape index (κ3) is 6.22. The second-order valence-corrected chi connectivity index (χ2v) is 8.97. The van der Waals surface area contributed by atoms with Gasteiger partial charge in [-0.3, -0.25) is 15.0 Å². The van der Waals surface area contributed by atoms with Crippen molar-refractivity contribution in [1.29, 1.82) is 0 Å².